The van der Waals surface area contributed by atoms with Crippen molar-refractivity contribution in [3.05, 3.63) is 60.0 Å². The lowest BCUT2D eigenvalue weighted by Crippen LogP contribution is -2.42. The number of nitrogens with one attached hydrogen (secondary N) is 1. The molecule has 1 aliphatic heterocycles. The Morgan fingerprint density at radius 1 is 1.36 bits per heavy atom. The smallest absolute Gasteiger partial charge is 0.292 e. The summed E-state index contributed by atoms with van der Waals surface area (Å²) < 4.78 is 8.68. The number of fused-ring (bicyclic) bond motifs is 2. The van der Waals surface area contributed by atoms with Gasteiger partial charge >= 0.3 is 0 Å². The summed E-state index contributed by atoms with van der Waals surface area (Å²) >= 11 is 0. The van der Waals surface area contributed by atoms with E-state index in [2.05, 4.69) is 20.1 Å². The molecule has 10 heteroatoms. The van der Waals surface area contributed by atoms with Gasteiger partial charge < -0.3 is 14.6 Å². The fourth-order valence-electron chi connectivity index (χ4n) is 3.73. The van der Waals surface area contributed by atoms with Crippen LogP contribution in [0.25, 0.3) is 5.52 Å². The number of aryl methyl sites for hydroxylation is 1. The first-order chi connectivity index (χ1) is 13.7. The summed E-state index contributed by atoms with van der Waals surface area (Å²) in [6.45, 7) is 0.524. The maximum Gasteiger partial charge on any atom is 0.292 e. The van der Waals surface area contributed by atoms with Crippen LogP contribution in [0.3, 0.4) is 0 Å². The van der Waals surface area contributed by atoms with Crippen LogP contribution in [0.5, 0.6) is 5.75 Å². The lowest BCUT2D eigenvalue weighted by molar-refractivity contribution is 0.0669. The molecule has 0 saturated carbocycles. The van der Waals surface area contributed by atoms with Gasteiger partial charge in [-0.1, -0.05) is 0 Å². The molecule has 0 fully saturated rings. The van der Waals surface area contributed by atoms with Gasteiger partial charge in [-0.3, -0.25) is 4.79 Å². The predicted octanol–water partition coefficient (Wildman–Crippen LogP) is 0.982. The molecule has 0 saturated heterocycles. The zero-order valence-electron chi connectivity index (χ0n) is 15.4. The Hall–Kier alpha value is -3.69. The van der Waals surface area contributed by atoms with E-state index in [1.54, 1.807) is 29.9 Å². The Kier molecular flexibility index (Phi) is 3.64. The van der Waals surface area contributed by atoms with Crippen molar-refractivity contribution < 1.29 is 9.53 Å². The quantitative estimate of drug-likeness (QED) is 0.570. The fraction of sp³-hybridized carbons (Fsp3) is 0.278. The number of ether oxygens (including phenoxy) is 1. The van der Waals surface area contributed by atoms with Gasteiger partial charge in [0.25, 0.3) is 5.91 Å². The van der Waals surface area contributed by atoms with Crippen LogP contribution in [0.15, 0.2) is 37.1 Å². The fourth-order valence-corrected chi connectivity index (χ4v) is 3.73. The monoisotopic (exact) mass is 378 g/mol. The highest BCUT2D eigenvalue weighted by molar-refractivity contribution is 5.91. The van der Waals surface area contributed by atoms with Crippen molar-refractivity contribution in [3.63, 3.8) is 0 Å². The predicted molar refractivity (Wildman–Crippen MR) is 97.9 cm³/mol. The van der Waals surface area contributed by atoms with Crippen molar-refractivity contribution in [2.75, 3.05) is 13.7 Å². The van der Waals surface area contributed by atoms with Crippen LogP contribution in [-0.4, -0.2) is 58.8 Å². The second-order valence-electron chi connectivity index (χ2n) is 6.60. The molecule has 0 aromatic carbocycles. The maximum absolute atomic E-state index is 13.2. The minimum Gasteiger partial charge on any atom is -0.494 e. The molecule has 5 rings (SSSR count). The lowest BCUT2D eigenvalue weighted by atomic mass is 9.99. The number of imidazole rings is 1. The molecule has 0 radical (unpaired) electrons. The van der Waals surface area contributed by atoms with Crippen molar-refractivity contribution in [3.8, 4) is 5.75 Å². The Balaban J connectivity index is 1.65. The zero-order chi connectivity index (χ0) is 19.3. The van der Waals surface area contributed by atoms with Gasteiger partial charge in [0.2, 0.25) is 5.82 Å². The van der Waals surface area contributed by atoms with Crippen molar-refractivity contribution in [2.24, 2.45) is 7.05 Å². The summed E-state index contributed by atoms with van der Waals surface area (Å²) in [6.07, 6.45) is 5.57. The van der Waals surface area contributed by atoms with E-state index in [9.17, 15) is 4.79 Å². The average Bonchev–Trinajstić information content (AvgIpc) is 3.44. The van der Waals surface area contributed by atoms with Crippen molar-refractivity contribution >= 4 is 11.4 Å². The van der Waals surface area contributed by atoms with E-state index >= 15 is 0 Å². The van der Waals surface area contributed by atoms with Crippen molar-refractivity contribution in [1.29, 1.82) is 0 Å². The standard InChI is InChI=1S/C18H18N8O2/c1-24-17(21-10-22-24)18(27)25-7-5-11-15(20-9-19-11)16(25)12-8-13-14(28-2)4-3-6-26(13)23-12/h3-4,6,8-10,16H,5,7H2,1-2H3,(H,19,20). The molecular formula is C18H18N8O2. The molecule has 142 valence electrons. The van der Waals surface area contributed by atoms with Crippen LogP contribution in [0.2, 0.25) is 0 Å². The highest BCUT2D eigenvalue weighted by atomic mass is 16.5. The van der Waals surface area contributed by atoms with Gasteiger partial charge in [-0.25, -0.2) is 19.2 Å². The van der Waals surface area contributed by atoms with Gasteiger partial charge in [-0.2, -0.15) is 10.2 Å². The first-order valence-corrected chi connectivity index (χ1v) is 8.86. The summed E-state index contributed by atoms with van der Waals surface area (Å²) in [4.78, 5) is 26.8. The Morgan fingerprint density at radius 3 is 3.04 bits per heavy atom. The van der Waals surface area contributed by atoms with Crippen LogP contribution in [0, 0.1) is 0 Å². The van der Waals surface area contributed by atoms with E-state index in [0.717, 1.165) is 16.9 Å². The number of amides is 1. The summed E-state index contributed by atoms with van der Waals surface area (Å²) in [5.74, 6) is 0.790. The first-order valence-electron chi connectivity index (χ1n) is 8.86. The van der Waals surface area contributed by atoms with Crippen LogP contribution in [0.1, 0.15) is 33.7 Å². The second-order valence-corrected chi connectivity index (χ2v) is 6.60. The van der Waals surface area contributed by atoms with E-state index in [4.69, 9.17) is 9.84 Å². The van der Waals surface area contributed by atoms with Crippen LogP contribution >= 0.6 is 0 Å². The highest BCUT2D eigenvalue weighted by Gasteiger charge is 2.37. The number of aromatic amines is 1. The number of rotatable bonds is 3. The van der Waals surface area contributed by atoms with E-state index in [1.165, 1.54) is 11.0 Å². The largest absolute Gasteiger partial charge is 0.494 e. The molecule has 0 aliphatic carbocycles. The van der Waals surface area contributed by atoms with Gasteiger partial charge in [0.05, 0.1) is 24.8 Å². The van der Waals surface area contributed by atoms with Crippen LogP contribution in [-0.2, 0) is 13.5 Å². The lowest BCUT2D eigenvalue weighted by Gasteiger charge is -2.33. The summed E-state index contributed by atoms with van der Waals surface area (Å²) in [7, 11) is 3.33. The van der Waals surface area contributed by atoms with E-state index in [-0.39, 0.29) is 11.7 Å². The molecule has 4 aromatic heterocycles. The Morgan fingerprint density at radius 2 is 2.25 bits per heavy atom. The Labute approximate surface area is 159 Å². The molecule has 5 heterocycles. The summed E-state index contributed by atoms with van der Waals surface area (Å²) in [6, 6.07) is 5.25. The van der Waals surface area contributed by atoms with Crippen LogP contribution < -0.4 is 4.74 Å². The molecule has 1 N–H and O–H groups in total. The number of H-pyrrole nitrogens is 1. The molecular weight excluding hydrogens is 360 g/mol. The number of carbonyl (C=O) groups excluding carboxylic acids is 1. The molecule has 1 atom stereocenters. The van der Waals surface area contributed by atoms with Gasteiger partial charge in [-0.05, 0) is 18.2 Å². The molecule has 1 aliphatic rings. The number of pyridine rings is 1. The normalized spacial score (nSPS) is 16.4. The molecule has 0 spiro atoms. The second kappa shape index (κ2) is 6.19. The third kappa shape index (κ3) is 2.38. The van der Waals surface area contributed by atoms with Gasteiger partial charge in [0, 0.05) is 31.9 Å². The number of nitrogens with zero attached hydrogens (tertiary/aromatic N) is 7. The third-order valence-corrected chi connectivity index (χ3v) is 5.07. The third-order valence-electron chi connectivity index (χ3n) is 5.07. The maximum atomic E-state index is 13.2. The number of hydrogen-bond donors (Lipinski definition) is 1. The van der Waals surface area contributed by atoms with Crippen LogP contribution in [0.4, 0.5) is 0 Å². The van der Waals surface area contributed by atoms with Gasteiger partial charge in [0.15, 0.2) is 0 Å². The van der Waals surface area contributed by atoms with Gasteiger partial charge in [0.1, 0.15) is 23.6 Å². The molecule has 4 aromatic rings. The van der Waals surface area contributed by atoms with Crippen molar-refractivity contribution in [1.82, 2.24) is 39.2 Å². The number of methoxy groups -OCH3 is 1. The topological polar surface area (TPSA) is 106 Å². The molecule has 28 heavy (non-hydrogen) atoms. The summed E-state index contributed by atoms with van der Waals surface area (Å²) in [5.41, 5.74) is 3.35. The number of hydrogen-bond acceptors (Lipinski definition) is 6. The van der Waals surface area contributed by atoms with E-state index in [0.29, 0.717) is 24.4 Å². The summed E-state index contributed by atoms with van der Waals surface area (Å²) in [5, 5.41) is 8.73. The van der Waals surface area contributed by atoms with E-state index in [1.807, 2.05) is 24.4 Å². The molecule has 10 nitrogen and oxygen atoms in total. The minimum atomic E-state index is -0.427. The number of aromatic nitrogens is 7. The SMILES string of the molecule is COc1cccn2nc(C3c4nc[nH]c4CCN3C(=O)c3ncnn3C)cc12. The zero-order valence-corrected chi connectivity index (χ0v) is 15.4. The minimum absolute atomic E-state index is 0.206. The first kappa shape index (κ1) is 16.5. The van der Waals surface area contributed by atoms with Gasteiger partial charge in [-0.15, -0.1) is 0 Å². The number of carbonyl (C=O) groups is 1. The Bertz CT molecular complexity index is 1170. The molecule has 1 unspecified atom stereocenters. The van der Waals surface area contributed by atoms with Crippen molar-refractivity contribution in [2.45, 2.75) is 12.5 Å². The highest BCUT2D eigenvalue weighted by Crippen LogP contribution is 2.35. The molecule has 0 bridgehead atoms. The molecule has 1 amide bonds. The van der Waals surface area contributed by atoms with E-state index < -0.39 is 6.04 Å². The average molecular weight is 378 g/mol.